The molecule has 0 heterocycles. The SMILES string of the molecule is C=C(C)CCC(O)C(=O)N[C@H](CC[C@@H](OC)C(C)(C)[C@@H](CCCCCCc1c(C)c(OC)cc(OC)c1CC)OC)OC.O=CO. The maximum absolute atomic E-state index is 12.4. The van der Waals surface area contributed by atoms with Gasteiger partial charge in [0.2, 0.25) is 0 Å². The average Bonchev–Trinajstić information content (AvgIpc) is 3.03. The zero-order valence-electron chi connectivity index (χ0n) is 30.2. The highest BCUT2D eigenvalue weighted by Gasteiger charge is 2.38. The van der Waals surface area contributed by atoms with E-state index in [0.29, 0.717) is 25.7 Å². The summed E-state index contributed by atoms with van der Waals surface area (Å²) in [5, 5.41) is 19.9. The Bertz CT molecular complexity index is 1030. The Hall–Kier alpha value is -2.66. The number of hydrogen-bond acceptors (Lipinski definition) is 8. The lowest BCUT2D eigenvalue weighted by Crippen LogP contribution is -2.45. The molecule has 0 spiro atoms. The number of hydrogen-bond donors (Lipinski definition) is 3. The van der Waals surface area contributed by atoms with Crippen molar-refractivity contribution < 1.29 is 43.5 Å². The molecule has 0 radical (unpaired) electrons. The van der Waals surface area contributed by atoms with Gasteiger partial charge in [0.1, 0.15) is 23.8 Å². The summed E-state index contributed by atoms with van der Waals surface area (Å²) in [6.07, 6.45) is 7.82. The highest BCUT2D eigenvalue weighted by atomic mass is 16.5. The molecule has 46 heavy (non-hydrogen) atoms. The van der Waals surface area contributed by atoms with Crippen molar-refractivity contribution >= 4 is 12.4 Å². The van der Waals surface area contributed by atoms with Gasteiger partial charge in [-0.15, -0.1) is 6.58 Å². The van der Waals surface area contributed by atoms with Crippen LogP contribution < -0.4 is 14.8 Å². The van der Waals surface area contributed by atoms with Gasteiger partial charge in [-0.3, -0.25) is 9.59 Å². The number of nitrogens with one attached hydrogen (secondary N) is 1. The first-order chi connectivity index (χ1) is 21.8. The van der Waals surface area contributed by atoms with Crippen LogP contribution in [0, 0.1) is 12.3 Å². The number of carbonyl (C=O) groups excluding carboxylic acids is 1. The van der Waals surface area contributed by atoms with Crippen LogP contribution in [-0.4, -0.2) is 82.7 Å². The van der Waals surface area contributed by atoms with Crippen molar-refractivity contribution in [1.29, 1.82) is 0 Å². The third-order valence-corrected chi connectivity index (χ3v) is 8.84. The van der Waals surface area contributed by atoms with Crippen molar-refractivity contribution in [2.45, 2.75) is 130 Å². The first-order valence-corrected chi connectivity index (χ1v) is 16.3. The topological polar surface area (TPSA) is 133 Å². The lowest BCUT2D eigenvalue weighted by atomic mass is 9.76. The number of rotatable bonds is 23. The molecule has 0 saturated carbocycles. The number of carbonyl (C=O) groups is 2. The Balaban J connectivity index is 0.00000647. The third kappa shape index (κ3) is 14.4. The minimum Gasteiger partial charge on any atom is -0.496 e. The number of methoxy groups -OCH3 is 5. The standard InChI is InChI=1S/C35H61NO7.CH2O2/c1-12-26-27(25(4)29(39-7)23-30(26)40-8)17-15-13-14-16-18-31(41-9)35(5,6)32(42-10)21-22-33(43-11)36-34(38)28(37)20-19-24(2)3;2-1-3/h23,28,31-33,37H,2,12-22H2,1,3-11H3,(H,36,38);1H,(H,2,3)/t28?,31-,32-,33+;/m1./s1. The molecule has 266 valence electrons. The van der Waals surface area contributed by atoms with Gasteiger partial charge in [-0.1, -0.05) is 45.6 Å². The number of aliphatic hydroxyl groups excluding tert-OH is 1. The van der Waals surface area contributed by atoms with E-state index >= 15 is 0 Å². The van der Waals surface area contributed by atoms with Crippen molar-refractivity contribution in [2.24, 2.45) is 5.41 Å². The van der Waals surface area contributed by atoms with Crippen LogP contribution in [0.1, 0.15) is 102 Å². The molecule has 1 unspecified atom stereocenters. The summed E-state index contributed by atoms with van der Waals surface area (Å²) in [5.74, 6) is 1.37. The normalized spacial score (nSPS) is 13.9. The smallest absolute Gasteiger partial charge is 0.290 e. The van der Waals surface area contributed by atoms with Crippen LogP contribution in [0.4, 0.5) is 0 Å². The molecule has 0 saturated heterocycles. The molecule has 1 amide bonds. The molecular weight excluding hydrogens is 590 g/mol. The van der Waals surface area contributed by atoms with E-state index in [4.69, 9.17) is 33.6 Å². The van der Waals surface area contributed by atoms with E-state index in [9.17, 15) is 9.90 Å². The van der Waals surface area contributed by atoms with Crippen LogP contribution in [0.2, 0.25) is 0 Å². The maximum Gasteiger partial charge on any atom is 0.290 e. The summed E-state index contributed by atoms with van der Waals surface area (Å²) in [6, 6.07) is 2.00. The molecule has 4 atom stereocenters. The lowest BCUT2D eigenvalue weighted by Gasteiger charge is -2.40. The van der Waals surface area contributed by atoms with Crippen molar-refractivity contribution in [3.8, 4) is 11.5 Å². The number of allylic oxidation sites excluding steroid dienone is 1. The molecule has 1 aromatic rings. The molecule has 0 fully saturated rings. The quantitative estimate of drug-likeness (QED) is 0.0530. The number of ether oxygens (including phenoxy) is 5. The van der Waals surface area contributed by atoms with Gasteiger partial charge in [-0.2, -0.15) is 0 Å². The van der Waals surface area contributed by atoms with E-state index < -0.39 is 18.2 Å². The molecule has 0 aliphatic rings. The highest BCUT2D eigenvalue weighted by molar-refractivity contribution is 5.80. The average molecular weight is 654 g/mol. The predicted octanol–water partition coefficient (Wildman–Crippen LogP) is 6.41. The van der Waals surface area contributed by atoms with E-state index in [1.54, 1.807) is 35.5 Å². The van der Waals surface area contributed by atoms with Gasteiger partial charge in [0, 0.05) is 32.8 Å². The van der Waals surface area contributed by atoms with E-state index in [1.807, 2.05) is 13.0 Å². The zero-order valence-corrected chi connectivity index (χ0v) is 30.2. The monoisotopic (exact) mass is 653 g/mol. The molecule has 0 aliphatic heterocycles. The number of aliphatic hydroxyl groups is 1. The second-order valence-corrected chi connectivity index (χ2v) is 12.4. The molecule has 10 nitrogen and oxygen atoms in total. The Morgan fingerprint density at radius 3 is 1.98 bits per heavy atom. The van der Waals surface area contributed by atoms with Crippen LogP contribution in [0.25, 0.3) is 0 Å². The summed E-state index contributed by atoms with van der Waals surface area (Å²) < 4.78 is 28.7. The third-order valence-electron chi connectivity index (χ3n) is 8.84. The second kappa shape index (κ2) is 23.6. The van der Waals surface area contributed by atoms with Crippen molar-refractivity contribution in [1.82, 2.24) is 5.32 Å². The molecule has 0 bridgehead atoms. The lowest BCUT2D eigenvalue weighted by molar-refractivity contribution is -0.134. The molecule has 0 aromatic heterocycles. The number of amides is 1. The fourth-order valence-corrected chi connectivity index (χ4v) is 6.06. The van der Waals surface area contributed by atoms with Gasteiger partial charge in [-0.25, -0.2) is 0 Å². The Labute approximate surface area is 278 Å². The second-order valence-electron chi connectivity index (χ2n) is 12.4. The van der Waals surface area contributed by atoms with Crippen molar-refractivity contribution in [2.75, 3.05) is 35.5 Å². The molecule has 1 rings (SSSR count). The van der Waals surface area contributed by atoms with Crippen LogP contribution in [0.5, 0.6) is 11.5 Å². The van der Waals surface area contributed by atoms with E-state index in [2.05, 4.69) is 39.6 Å². The first kappa shape index (κ1) is 43.3. The summed E-state index contributed by atoms with van der Waals surface area (Å²) in [5.41, 5.74) is 4.52. The molecule has 3 N–H and O–H groups in total. The Morgan fingerprint density at radius 2 is 1.48 bits per heavy atom. The van der Waals surface area contributed by atoms with E-state index in [0.717, 1.165) is 62.0 Å². The summed E-state index contributed by atoms with van der Waals surface area (Å²) >= 11 is 0. The van der Waals surface area contributed by atoms with Crippen LogP contribution in [0.3, 0.4) is 0 Å². The van der Waals surface area contributed by atoms with E-state index in [1.165, 1.54) is 16.7 Å². The Kier molecular flexibility index (Phi) is 22.3. The number of carboxylic acid groups (broad SMARTS) is 1. The van der Waals surface area contributed by atoms with Gasteiger partial charge in [-0.05, 0) is 81.9 Å². The van der Waals surface area contributed by atoms with E-state index in [-0.39, 0.29) is 24.1 Å². The van der Waals surface area contributed by atoms with Crippen molar-refractivity contribution in [3.63, 3.8) is 0 Å². The Morgan fingerprint density at radius 1 is 0.913 bits per heavy atom. The zero-order chi connectivity index (χ0) is 35.3. The van der Waals surface area contributed by atoms with Crippen molar-refractivity contribution in [3.05, 3.63) is 34.9 Å². The van der Waals surface area contributed by atoms with Gasteiger partial charge < -0.3 is 39.2 Å². The molecular formula is C36H63NO9. The maximum atomic E-state index is 12.4. The van der Waals surface area contributed by atoms with Gasteiger partial charge >= 0.3 is 0 Å². The number of unbranched alkanes of at least 4 members (excludes halogenated alkanes) is 3. The molecule has 10 heteroatoms. The minimum absolute atomic E-state index is 0.0218. The summed E-state index contributed by atoms with van der Waals surface area (Å²) in [4.78, 5) is 20.8. The van der Waals surface area contributed by atoms with Crippen LogP contribution >= 0.6 is 0 Å². The summed E-state index contributed by atoms with van der Waals surface area (Å²) in [7, 11) is 8.49. The van der Waals surface area contributed by atoms with Crippen LogP contribution in [0.15, 0.2) is 18.2 Å². The largest absolute Gasteiger partial charge is 0.496 e. The van der Waals surface area contributed by atoms with Gasteiger partial charge in [0.25, 0.3) is 12.4 Å². The highest BCUT2D eigenvalue weighted by Crippen LogP contribution is 2.36. The van der Waals surface area contributed by atoms with Crippen LogP contribution in [-0.2, 0) is 36.6 Å². The fraction of sp³-hybridized carbons (Fsp3) is 0.722. The molecule has 1 aromatic carbocycles. The van der Waals surface area contributed by atoms with Gasteiger partial charge in [0.15, 0.2) is 0 Å². The fourth-order valence-electron chi connectivity index (χ4n) is 6.06. The first-order valence-electron chi connectivity index (χ1n) is 16.3. The predicted molar refractivity (Wildman–Crippen MR) is 183 cm³/mol. The number of benzene rings is 1. The minimum atomic E-state index is -1.09. The van der Waals surface area contributed by atoms with Gasteiger partial charge in [0.05, 0.1) is 26.4 Å². The molecule has 0 aliphatic carbocycles. The summed E-state index contributed by atoms with van der Waals surface area (Å²) in [6.45, 7) is 14.1.